The molecular weight excluding hydrogens is 397 g/mol. The van der Waals surface area contributed by atoms with Crippen LogP contribution in [0.4, 0.5) is 4.39 Å². The topological polar surface area (TPSA) is 57.1 Å². The highest BCUT2D eigenvalue weighted by molar-refractivity contribution is 6.15. The Balaban J connectivity index is 1.64. The number of nitrogens with zero attached hydrogens (tertiary/aromatic N) is 1. The van der Waals surface area contributed by atoms with Gasteiger partial charge < -0.3 is 14.2 Å². The van der Waals surface area contributed by atoms with E-state index in [0.717, 1.165) is 16.9 Å². The summed E-state index contributed by atoms with van der Waals surface area (Å²) in [5.41, 5.74) is 2.83. The average Bonchev–Trinajstić information content (AvgIpc) is 3.20. The Morgan fingerprint density at radius 3 is 2.32 bits per heavy atom. The van der Waals surface area contributed by atoms with E-state index in [1.54, 1.807) is 13.2 Å². The van der Waals surface area contributed by atoms with Crippen LogP contribution in [0.2, 0.25) is 0 Å². The van der Waals surface area contributed by atoms with Gasteiger partial charge in [0.25, 0.3) is 0 Å². The van der Waals surface area contributed by atoms with Crippen molar-refractivity contribution in [3.63, 3.8) is 0 Å². The van der Waals surface area contributed by atoms with E-state index in [4.69, 9.17) is 14.2 Å². The van der Waals surface area contributed by atoms with Crippen molar-refractivity contribution in [2.75, 3.05) is 7.11 Å². The number of hydrogen-bond acceptors (Lipinski definition) is 5. The van der Waals surface area contributed by atoms with Crippen molar-refractivity contribution in [1.29, 1.82) is 0 Å². The molecule has 3 aromatic carbocycles. The normalized spacial score (nSPS) is 17.3. The van der Waals surface area contributed by atoms with E-state index in [-0.39, 0.29) is 17.4 Å². The molecule has 5 rings (SSSR count). The maximum absolute atomic E-state index is 13.2. The van der Waals surface area contributed by atoms with Crippen molar-refractivity contribution in [3.8, 4) is 11.5 Å². The first-order valence-corrected chi connectivity index (χ1v) is 9.57. The third-order valence-corrected chi connectivity index (χ3v) is 4.99. The predicted molar refractivity (Wildman–Crippen MR) is 114 cm³/mol. The quantitative estimate of drug-likeness (QED) is 0.449. The smallest absolute Gasteiger partial charge is 0.364 e. The van der Waals surface area contributed by atoms with Gasteiger partial charge in [0.1, 0.15) is 23.1 Å². The Morgan fingerprint density at radius 1 is 0.871 bits per heavy atom. The molecule has 3 aromatic rings. The van der Waals surface area contributed by atoms with E-state index in [2.05, 4.69) is 4.99 Å². The van der Waals surface area contributed by atoms with Crippen LogP contribution in [0.25, 0.3) is 11.3 Å². The number of carbonyl (C=O) groups excluding carboxylic acids is 1. The first-order chi connectivity index (χ1) is 15.1. The van der Waals surface area contributed by atoms with E-state index in [1.807, 2.05) is 48.5 Å². The standard InChI is InChI=1S/C25H16FNO4/c1-29-18-12-8-15(9-13-18)22-14-20(19-4-2-3-5-21(19)30-22)23-25(28)31-24(27-23)16-6-10-17(26)11-7-16/h2-14H,1H3/b23-20-. The Labute approximate surface area is 177 Å². The minimum Gasteiger partial charge on any atom is -0.497 e. The predicted octanol–water partition coefficient (Wildman–Crippen LogP) is 4.98. The second kappa shape index (κ2) is 7.57. The lowest BCUT2D eigenvalue weighted by molar-refractivity contribution is -0.129. The van der Waals surface area contributed by atoms with E-state index >= 15 is 0 Å². The van der Waals surface area contributed by atoms with E-state index in [9.17, 15) is 9.18 Å². The van der Waals surface area contributed by atoms with Crippen LogP contribution in [0.1, 0.15) is 16.7 Å². The zero-order valence-electron chi connectivity index (χ0n) is 16.5. The zero-order chi connectivity index (χ0) is 21.4. The summed E-state index contributed by atoms with van der Waals surface area (Å²) in [6, 6.07) is 20.5. The Hall–Kier alpha value is -4.19. The molecule has 0 saturated carbocycles. The lowest BCUT2D eigenvalue weighted by atomic mass is 9.97. The molecule has 152 valence electrons. The lowest BCUT2D eigenvalue weighted by Gasteiger charge is -2.20. The molecule has 0 atom stereocenters. The highest BCUT2D eigenvalue weighted by Gasteiger charge is 2.30. The number of methoxy groups -OCH3 is 1. The molecule has 0 saturated heterocycles. The summed E-state index contributed by atoms with van der Waals surface area (Å²) in [7, 11) is 1.60. The van der Waals surface area contributed by atoms with Gasteiger partial charge in [-0.3, -0.25) is 0 Å². The van der Waals surface area contributed by atoms with Gasteiger partial charge in [-0.25, -0.2) is 14.2 Å². The Morgan fingerprint density at radius 2 is 1.58 bits per heavy atom. The SMILES string of the molecule is COc1ccc(C2=C/C(=C3/N=C(c4ccc(F)cc4)OC3=O)c3ccccc3O2)cc1. The zero-order valence-corrected chi connectivity index (χ0v) is 16.5. The van der Waals surface area contributed by atoms with Crippen LogP contribution in [0.15, 0.2) is 89.6 Å². The Bertz CT molecular complexity index is 1270. The summed E-state index contributed by atoms with van der Waals surface area (Å²) in [6.07, 6.45) is 1.78. The van der Waals surface area contributed by atoms with Gasteiger partial charge in [-0.1, -0.05) is 18.2 Å². The number of rotatable bonds is 3. The number of para-hydroxylation sites is 1. The van der Waals surface area contributed by atoms with Crippen molar-refractivity contribution in [1.82, 2.24) is 0 Å². The minimum atomic E-state index is -0.573. The highest BCUT2D eigenvalue weighted by Crippen LogP contribution is 2.40. The molecule has 31 heavy (non-hydrogen) atoms. The van der Waals surface area contributed by atoms with Gasteiger partial charge in [0.2, 0.25) is 5.90 Å². The summed E-state index contributed by atoms with van der Waals surface area (Å²) in [5.74, 6) is 1.09. The molecule has 5 nitrogen and oxygen atoms in total. The van der Waals surface area contributed by atoms with Crippen LogP contribution in [0.3, 0.4) is 0 Å². The van der Waals surface area contributed by atoms with Crippen LogP contribution in [0, 0.1) is 5.82 Å². The molecule has 0 bridgehead atoms. The third kappa shape index (κ3) is 3.48. The molecule has 2 aliphatic rings. The first-order valence-electron chi connectivity index (χ1n) is 9.57. The lowest BCUT2D eigenvalue weighted by Crippen LogP contribution is -2.08. The van der Waals surface area contributed by atoms with E-state index < -0.39 is 5.97 Å². The minimum absolute atomic E-state index is 0.135. The maximum atomic E-state index is 13.2. The number of halogens is 1. The second-order valence-corrected chi connectivity index (χ2v) is 6.91. The highest BCUT2D eigenvalue weighted by atomic mass is 19.1. The molecule has 0 amide bonds. The summed E-state index contributed by atoms with van der Waals surface area (Å²) < 4.78 is 29.9. The number of carbonyl (C=O) groups is 1. The molecule has 2 heterocycles. The van der Waals surface area contributed by atoms with Crippen molar-refractivity contribution in [3.05, 3.63) is 107 Å². The van der Waals surface area contributed by atoms with Crippen LogP contribution in [-0.2, 0) is 9.53 Å². The second-order valence-electron chi connectivity index (χ2n) is 6.91. The van der Waals surface area contributed by atoms with Crippen molar-refractivity contribution in [2.45, 2.75) is 0 Å². The molecule has 6 heteroatoms. The van der Waals surface area contributed by atoms with Crippen LogP contribution >= 0.6 is 0 Å². The number of fused-ring (bicyclic) bond motifs is 1. The summed E-state index contributed by atoms with van der Waals surface area (Å²) in [5, 5.41) is 0. The van der Waals surface area contributed by atoms with Gasteiger partial charge >= 0.3 is 5.97 Å². The van der Waals surface area contributed by atoms with Crippen LogP contribution < -0.4 is 9.47 Å². The summed E-state index contributed by atoms with van der Waals surface area (Å²) >= 11 is 0. The fourth-order valence-electron chi connectivity index (χ4n) is 3.42. The molecular formula is C25H16FNO4. The number of ether oxygens (including phenoxy) is 3. The van der Waals surface area contributed by atoms with Gasteiger partial charge in [-0.15, -0.1) is 0 Å². The molecule has 2 aliphatic heterocycles. The monoisotopic (exact) mass is 413 g/mol. The number of cyclic esters (lactones) is 1. The number of aliphatic imine (C=N–C) groups is 1. The van der Waals surface area contributed by atoms with Gasteiger partial charge in [-0.05, 0) is 60.7 Å². The first kappa shape index (κ1) is 18.8. The fraction of sp³-hybridized carbons (Fsp3) is 0.0400. The van der Waals surface area contributed by atoms with Crippen LogP contribution in [0.5, 0.6) is 11.5 Å². The van der Waals surface area contributed by atoms with Crippen molar-refractivity contribution in [2.24, 2.45) is 4.99 Å². The largest absolute Gasteiger partial charge is 0.497 e. The van der Waals surface area contributed by atoms with Crippen molar-refractivity contribution >= 4 is 23.2 Å². The Kier molecular flexibility index (Phi) is 4.59. The summed E-state index contributed by atoms with van der Waals surface area (Å²) in [4.78, 5) is 17.1. The number of hydrogen-bond donors (Lipinski definition) is 0. The van der Waals surface area contributed by atoms with Gasteiger partial charge in [-0.2, -0.15) is 0 Å². The molecule has 0 unspecified atom stereocenters. The molecule has 0 fully saturated rings. The van der Waals surface area contributed by atoms with E-state index in [1.165, 1.54) is 24.3 Å². The van der Waals surface area contributed by atoms with Gasteiger partial charge in [0.05, 0.1) is 7.11 Å². The van der Waals surface area contributed by atoms with E-state index in [0.29, 0.717) is 22.6 Å². The van der Waals surface area contributed by atoms with Crippen molar-refractivity contribution < 1.29 is 23.4 Å². The maximum Gasteiger partial charge on any atom is 0.364 e. The van der Waals surface area contributed by atoms with Gasteiger partial charge in [0, 0.05) is 22.3 Å². The number of benzene rings is 3. The third-order valence-electron chi connectivity index (χ3n) is 4.99. The van der Waals surface area contributed by atoms with Crippen LogP contribution in [-0.4, -0.2) is 19.0 Å². The average molecular weight is 413 g/mol. The van der Waals surface area contributed by atoms with Gasteiger partial charge in [0.15, 0.2) is 5.70 Å². The molecule has 0 N–H and O–H groups in total. The molecule has 0 aromatic heterocycles. The molecule has 0 spiro atoms. The summed E-state index contributed by atoms with van der Waals surface area (Å²) in [6.45, 7) is 0. The molecule has 0 radical (unpaired) electrons. The fourth-order valence-corrected chi connectivity index (χ4v) is 3.42. The number of esters is 1. The molecule has 0 aliphatic carbocycles. The number of allylic oxidation sites excluding steroid dienone is 2.